The number of benzene rings is 2. The molecule has 0 atom stereocenters. The van der Waals surface area contributed by atoms with Crippen LogP contribution in [-0.2, 0) is 0 Å². The Bertz CT molecular complexity index is 1300. The number of nitrogen functional groups attached to an aromatic ring is 3. The Hall–Kier alpha value is -4.08. The van der Waals surface area contributed by atoms with E-state index in [1.807, 2.05) is 18.2 Å². The SMILES string of the molecule is Nc1c2c(N)c3c4nc(nc3c1N)Nc1nc(nc3ccc(cc13)N4)N2. The average Bonchev–Trinajstić information content (AvgIpc) is 2.64. The van der Waals surface area contributed by atoms with Gasteiger partial charge >= 0.3 is 0 Å². The van der Waals surface area contributed by atoms with Crippen LogP contribution >= 0.6 is 0 Å². The highest BCUT2D eigenvalue weighted by Crippen LogP contribution is 2.45. The second-order valence-electron chi connectivity index (χ2n) is 6.24. The Balaban J connectivity index is 1.92. The van der Waals surface area contributed by atoms with E-state index in [1.165, 1.54) is 0 Å². The zero-order valence-electron chi connectivity index (χ0n) is 13.3. The molecule has 0 spiro atoms. The van der Waals surface area contributed by atoms with E-state index in [9.17, 15) is 0 Å². The van der Waals surface area contributed by atoms with Gasteiger partial charge in [0.15, 0.2) is 0 Å². The van der Waals surface area contributed by atoms with Crippen molar-refractivity contribution in [3.8, 4) is 0 Å². The lowest BCUT2D eigenvalue weighted by Gasteiger charge is -2.18. The molecular formula is C16H12N10. The van der Waals surface area contributed by atoms with E-state index in [1.54, 1.807) is 0 Å². The second-order valence-corrected chi connectivity index (χ2v) is 6.24. The van der Waals surface area contributed by atoms with Crippen LogP contribution in [0.5, 0.6) is 0 Å². The summed E-state index contributed by atoms with van der Waals surface area (Å²) in [7, 11) is 0. The van der Waals surface area contributed by atoms with Gasteiger partial charge in [-0.25, -0.2) is 9.97 Å². The van der Waals surface area contributed by atoms with Crippen molar-refractivity contribution in [1.82, 2.24) is 19.9 Å². The Labute approximate surface area is 145 Å². The molecule has 4 aliphatic rings. The summed E-state index contributed by atoms with van der Waals surface area (Å²) in [6.07, 6.45) is 0. The zero-order chi connectivity index (χ0) is 17.6. The van der Waals surface area contributed by atoms with Crippen LogP contribution < -0.4 is 33.2 Å². The van der Waals surface area contributed by atoms with Crippen molar-refractivity contribution >= 4 is 73.8 Å². The number of fused-ring (bicyclic) bond motifs is 2. The number of rotatable bonds is 0. The van der Waals surface area contributed by atoms with Gasteiger partial charge in [-0.05, 0) is 18.2 Å². The molecule has 0 saturated heterocycles. The van der Waals surface area contributed by atoms with Gasteiger partial charge in [-0.1, -0.05) is 0 Å². The average molecular weight is 344 g/mol. The summed E-state index contributed by atoms with van der Waals surface area (Å²) >= 11 is 0. The Morgan fingerprint density at radius 3 is 2.42 bits per heavy atom. The molecule has 0 amide bonds. The van der Waals surface area contributed by atoms with Crippen molar-refractivity contribution in [3.63, 3.8) is 0 Å². The summed E-state index contributed by atoms with van der Waals surface area (Å²) in [6.45, 7) is 0. The third-order valence-electron chi connectivity index (χ3n) is 4.69. The van der Waals surface area contributed by atoms with Gasteiger partial charge in [0, 0.05) is 11.1 Å². The molecule has 0 unspecified atom stereocenters. The molecule has 0 saturated carbocycles. The van der Waals surface area contributed by atoms with Crippen molar-refractivity contribution in [2.45, 2.75) is 0 Å². The standard InChI is InChI=1S/C16H12N10/c17-8-7-11-9(18)10(19)12(8)23-15-21-6-2-1-4-3-5(6)13(24-15)25-16(22-11)26-14(7)20-4/h1-3H,17-19H2,(H3,20,21,22,23,24,25,26). The molecule has 0 radical (unpaired) electrons. The molecule has 8 rings (SSSR count). The fourth-order valence-electron chi connectivity index (χ4n) is 3.44. The van der Waals surface area contributed by atoms with E-state index in [0.29, 0.717) is 57.2 Å². The largest absolute Gasteiger partial charge is 0.396 e. The van der Waals surface area contributed by atoms with Gasteiger partial charge < -0.3 is 33.2 Å². The van der Waals surface area contributed by atoms with Crippen LogP contribution in [0.2, 0.25) is 0 Å². The summed E-state index contributed by atoms with van der Waals surface area (Å²) in [5.74, 6) is 1.80. The molecule has 0 fully saturated rings. The molecule has 4 aromatic rings. The van der Waals surface area contributed by atoms with Crippen molar-refractivity contribution in [2.24, 2.45) is 0 Å². The molecule has 10 heteroatoms. The molecule has 10 nitrogen and oxygen atoms in total. The molecule has 2 aromatic heterocycles. The van der Waals surface area contributed by atoms with E-state index < -0.39 is 0 Å². The maximum absolute atomic E-state index is 6.42. The van der Waals surface area contributed by atoms with Gasteiger partial charge in [0.1, 0.15) is 17.2 Å². The minimum Gasteiger partial charge on any atom is -0.396 e. The Morgan fingerprint density at radius 1 is 0.731 bits per heavy atom. The molecule has 2 aromatic carbocycles. The van der Waals surface area contributed by atoms with Crippen molar-refractivity contribution in [1.29, 1.82) is 0 Å². The highest BCUT2D eigenvalue weighted by molar-refractivity contribution is 6.16. The quantitative estimate of drug-likeness (QED) is 0.225. The normalized spacial score (nSPS) is 13.2. The second kappa shape index (κ2) is 4.11. The van der Waals surface area contributed by atoms with Gasteiger partial charge in [0.25, 0.3) is 0 Å². The molecule has 0 aliphatic carbocycles. The summed E-state index contributed by atoms with van der Waals surface area (Å²) < 4.78 is 0. The van der Waals surface area contributed by atoms with Crippen molar-refractivity contribution in [2.75, 3.05) is 33.2 Å². The summed E-state index contributed by atoms with van der Waals surface area (Å²) in [5, 5.41) is 11.0. The Kier molecular flexibility index (Phi) is 2.09. The highest BCUT2D eigenvalue weighted by Gasteiger charge is 2.24. The lowest BCUT2D eigenvalue weighted by atomic mass is 10.1. The van der Waals surface area contributed by atoms with Crippen LogP contribution in [0, 0.1) is 0 Å². The first-order valence-electron chi connectivity index (χ1n) is 7.89. The molecule has 4 aliphatic heterocycles. The van der Waals surface area contributed by atoms with Crippen LogP contribution in [0.1, 0.15) is 0 Å². The molecule has 126 valence electrons. The molecule has 26 heavy (non-hydrogen) atoms. The first kappa shape index (κ1) is 13.2. The topological polar surface area (TPSA) is 166 Å². The minimum atomic E-state index is 0.295. The number of aromatic nitrogens is 4. The number of nitrogens with two attached hydrogens (primary N) is 3. The fraction of sp³-hybridized carbons (Fsp3) is 0. The Morgan fingerprint density at radius 2 is 1.54 bits per heavy atom. The van der Waals surface area contributed by atoms with Crippen LogP contribution in [0.3, 0.4) is 0 Å². The van der Waals surface area contributed by atoms with Crippen molar-refractivity contribution in [3.05, 3.63) is 18.2 Å². The first-order valence-corrected chi connectivity index (χ1v) is 7.89. The van der Waals surface area contributed by atoms with Crippen LogP contribution in [0.25, 0.3) is 21.8 Å². The van der Waals surface area contributed by atoms with Gasteiger partial charge in [-0.2, -0.15) is 9.97 Å². The van der Waals surface area contributed by atoms with Crippen LogP contribution in [0.4, 0.5) is 52.0 Å². The third kappa shape index (κ3) is 1.50. The number of anilines is 9. The van der Waals surface area contributed by atoms with E-state index in [4.69, 9.17) is 17.2 Å². The number of hydrogen-bond acceptors (Lipinski definition) is 10. The molecule has 9 bridgehead atoms. The van der Waals surface area contributed by atoms with Gasteiger partial charge in [-0.15, -0.1) is 0 Å². The third-order valence-corrected chi connectivity index (χ3v) is 4.69. The first-order chi connectivity index (χ1) is 12.6. The molecular weight excluding hydrogens is 332 g/mol. The van der Waals surface area contributed by atoms with E-state index >= 15 is 0 Å². The van der Waals surface area contributed by atoms with Crippen LogP contribution in [0.15, 0.2) is 18.2 Å². The van der Waals surface area contributed by atoms with E-state index in [0.717, 1.165) is 16.6 Å². The number of hydrogen-bond donors (Lipinski definition) is 6. The van der Waals surface area contributed by atoms with Gasteiger partial charge in [-0.3, -0.25) is 0 Å². The zero-order valence-corrected chi connectivity index (χ0v) is 13.3. The molecule has 6 heterocycles. The van der Waals surface area contributed by atoms with Gasteiger partial charge in [0.05, 0.1) is 33.7 Å². The monoisotopic (exact) mass is 344 g/mol. The minimum absolute atomic E-state index is 0.295. The van der Waals surface area contributed by atoms with Crippen molar-refractivity contribution < 1.29 is 0 Å². The highest BCUT2D eigenvalue weighted by atomic mass is 15.2. The van der Waals surface area contributed by atoms with Gasteiger partial charge in [0.2, 0.25) is 11.9 Å². The predicted molar refractivity (Wildman–Crippen MR) is 102 cm³/mol. The predicted octanol–water partition coefficient (Wildman–Crippen LogP) is 2.18. The smallest absolute Gasteiger partial charge is 0.231 e. The number of nitrogens with one attached hydrogen (secondary N) is 3. The maximum Gasteiger partial charge on any atom is 0.231 e. The number of nitrogens with zero attached hydrogens (tertiary/aromatic N) is 4. The van der Waals surface area contributed by atoms with E-state index in [2.05, 4.69) is 35.9 Å². The maximum atomic E-state index is 6.42. The lowest BCUT2D eigenvalue weighted by Crippen LogP contribution is -2.09. The summed E-state index contributed by atoms with van der Waals surface area (Å²) in [6, 6.07) is 5.77. The van der Waals surface area contributed by atoms with E-state index in [-0.39, 0.29) is 0 Å². The molecule has 9 N–H and O–H groups in total. The lowest BCUT2D eigenvalue weighted by molar-refractivity contribution is 1.18. The fourth-order valence-corrected chi connectivity index (χ4v) is 3.44. The summed E-state index contributed by atoms with van der Waals surface area (Å²) in [5.41, 5.74) is 22.4. The summed E-state index contributed by atoms with van der Waals surface area (Å²) in [4.78, 5) is 18.2. The van der Waals surface area contributed by atoms with Crippen LogP contribution in [-0.4, -0.2) is 19.9 Å².